The maximum Gasteiger partial charge on any atom is 0.261 e. The molecule has 0 amide bonds. The Morgan fingerprint density at radius 1 is 1.08 bits per heavy atom. The zero-order chi connectivity index (χ0) is 17.7. The maximum absolute atomic E-state index is 12.5. The molecule has 0 radical (unpaired) electrons. The Hall–Kier alpha value is -2.09. The third-order valence-corrected chi connectivity index (χ3v) is 4.92. The third-order valence-electron chi connectivity index (χ3n) is 3.54. The van der Waals surface area contributed by atoms with Gasteiger partial charge in [0.05, 0.1) is 23.3 Å². The summed E-state index contributed by atoms with van der Waals surface area (Å²) in [6, 6.07) is 11.7. The van der Waals surface area contributed by atoms with Crippen LogP contribution in [0.5, 0.6) is 0 Å². The predicted molar refractivity (Wildman–Crippen MR) is 94.7 cm³/mol. The minimum absolute atomic E-state index is 0.149. The molecule has 0 spiro atoms. The van der Waals surface area contributed by atoms with E-state index in [-0.39, 0.29) is 18.0 Å². The molecule has 4 N–H and O–H groups in total. The van der Waals surface area contributed by atoms with Crippen LogP contribution in [0.4, 0.5) is 11.4 Å². The van der Waals surface area contributed by atoms with Crippen LogP contribution >= 0.6 is 0 Å². The van der Waals surface area contributed by atoms with E-state index in [0.717, 1.165) is 11.1 Å². The molecule has 0 fully saturated rings. The van der Waals surface area contributed by atoms with Crippen LogP contribution in [0.1, 0.15) is 11.1 Å². The van der Waals surface area contributed by atoms with Crippen molar-refractivity contribution in [3.8, 4) is 0 Å². The van der Waals surface area contributed by atoms with Crippen LogP contribution < -0.4 is 10.0 Å². The van der Waals surface area contributed by atoms with E-state index < -0.39 is 16.1 Å². The second kappa shape index (κ2) is 7.65. The summed E-state index contributed by atoms with van der Waals surface area (Å²) < 4.78 is 27.5. The van der Waals surface area contributed by atoms with Crippen molar-refractivity contribution in [2.75, 3.05) is 23.2 Å². The quantitative estimate of drug-likeness (QED) is 0.611. The van der Waals surface area contributed by atoms with Gasteiger partial charge in [0.1, 0.15) is 0 Å². The third kappa shape index (κ3) is 4.70. The van der Waals surface area contributed by atoms with Crippen LogP contribution in [0.15, 0.2) is 47.4 Å². The molecular formula is C17H22N2O4S. The van der Waals surface area contributed by atoms with Gasteiger partial charge in [0.2, 0.25) is 0 Å². The van der Waals surface area contributed by atoms with Gasteiger partial charge in [0, 0.05) is 12.2 Å². The van der Waals surface area contributed by atoms with Gasteiger partial charge in [0.15, 0.2) is 0 Å². The fourth-order valence-electron chi connectivity index (χ4n) is 2.18. The number of benzene rings is 2. The normalized spacial score (nSPS) is 12.7. The molecular weight excluding hydrogens is 328 g/mol. The molecule has 0 heterocycles. The van der Waals surface area contributed by atoms with Gasteiger partial charge in [-0.15, -0.1) is 0 Å². The highest BCUT2D eigenvalue weighted by molar-refractivity contribution is 7.92. The van der Waals surface area contributed by atoms with Crippen LogP contribution in [0.3, 0.4) is 0 Å². The van der Waals surface area contributed by atoms with Crippen LogP contribution in [-0.2, 0) is 10.0 Å². The van der Waals surface area contributed by atoms with Crippen molar-refractivity contribution in [3.05, 3.63) is 53.6 Å². The average molecular weight is 350 g/mol. The smallest absolute Gasteiger partial charge is 0.261 e. The number of hydrogen-bond donors (Lipinski definition) is 4. The van der Waals surface area contributed by atoms with E-state index in [1.54, 1.807) is 18.2 Å². The average Bonchev–Trinajstić information content (AvgIpc) is 2.55. The lowest BCUT2D eigenvalue weighted by Crippen LogP contribution is -2.22. The fourth-order valence-corrected chi connectivity index (χ4v) is 3.31. The molecule has 2 aromatic rings. The summed E-state index contributed by atoms with van der Waals surface area (Å²) in [7, 11) is -3.67. The van der Waals surface area contributed by atoms with E-state index in [1.807, 2.05) is 26.0 Å². The number of hydrogen-bond acceptors (Lipinski definition) is 5. The molecule has 1 atom stereocenters. The molecule has 6 nitrogen and oxygen atoms in total. The highest BCUT2D eigenvalue weighted by Crippen LogP contribution is 2.21. The van der Waals surface area contributed by atoms with Gasteiger partial charge in [0.25, 0.3) is 10.0 Å². The van der Waals surface area contributed by atoms with Gasteiger partial charge in [-0.25, -0.2) is 8.42 Å². The Balaban J connectivity index is 2.11. The lowest BCUT2D eigenvalue weighted by Gasteiger charge is -2.13. The van der Waals surface area contributed by atoms with Crippen molar-refractivity contribution in [1.29, 1.82) is 0 Å². The standard InChI is InChI=1S/C17H22N2O4S/c1-12-3-8-17(13(2)9-12)19-24(22,23)16-6-4-14(5-7-16)18-10-15(21)11-20/h3-9,15,18-21H,10-11H2,1-2H3. The van der Waals surface area contributed by atoms with Crippen LogP contribution in [0, 0.1) is 13.8 Å². The molecule has 1 unspecified atom stereocenters. The first-order chi connectivity index (χ1) is 11.3. The highest BCUT2D eigenvalue weighted by Gasteiger charge is 2.15. The molecule has 130 valence electrons. The van der Waals surface area contributed by atoms with Crippen LogP contribution in [0.25, 0.3) is 0 Å². The number of rotatable bonds is 7. The van der Waals surface area contributed by atoms with E-state index in [2.05, 4.69) is 10.0 Å². The Morgan fingerprint density at radius 2 is 1.75 bits per heavy atom. The van der Waals surface area contributed by atoms with Crippen molar-refractivity contribution >= 4 is 21.4 Å². The summed E-state index contributed by atoms with van der Waals surface area (Å²) in [5.74, 6) is 0. The molecule has 2 aromatic carbocycles. The molecule has 0 aliphatic heterocycles. The summed E-state index contributed by atoms with van der Waals surface area (Å²) in [5.41, 5.74) is 3.13. The van der Waals surface area contributed by atoms with Crippen molar-refractivity contribution in [2.45, 2.75) is 24.8 Å². The van der Waals surface area contributed by atoms with E-state index in [9.17, 15) is 13.5 Å². The summed E-state index contributed by atoms with van der Waals surface area (Å²) in [5, 5.41) is 21.0. The van der Waals surface area contributed by atoms with Gasteiger partial charge in [-0.1, -0.05) is 17.7 Å². The van der Waals surface area contributed by atoms with Crippen molar-refractivity contribution in [1.82, 2.24) is 0 Å². The molecule has 0 bridgehead atoms. The SMILES string of the molecule is Cc1ccc(NS(=O)(=O)c2ccc(NCC(O)CO)cc2)c(C)c1. The number of aliphatic hydroxyl groups excluding tert-OH is 2. The van der Waals surface area contributed by atoms with Crippen molar-refractivity contribution in [3.63, 3.8) is 0 Å². The first-order valence-corrected chi connectivity index (χ1v) is 9.03. The molecule has 24 heavy (non-hydrogen) atoms. The number of anilines is 2. The Morgan fingerprint density at radius 3 is 2.33 bits per heavy atom. The second-order valence-corrected chi connectivity index (χ2v) is 7.35. The van der Waals surface area contributed by atoms with E-state index >= 15 is 0 Å². The van der Waals surface area contributed by atoms with Gasteiger partial charge in [-0.2, -0.15) is 0 Å². The number of nitrogens with one attached hydrogen (secondary N) is 2. The fraction of sp³-hybridized carbons (Fsp3) is 0.294. The van der Waals surface area contributed by atoms with Gasteiger partial charge >= 0.3 is 0 Å². The van der Waals surface area contributed by atoms with Gasteiger partial charge in [-0.3, -0.25) is 4.72 Å². The lowest BCUT2D eigenvalue weighted by atomic mass is 10.1. The highest BCUT2D eigenvalue weighted by atomic mass is 32.2. The molecule has 0 saturated carbocycles. The largest absolute Gasteiger partial charge is 0.394 e. The maximum atomic E-state index is 12.5. The molecule has 0 saturated heterocycles. The molecule has 7 heteroatoms. The molecule has 0 aromatic heterocycles. The number of aliphatic hydroxyl groups is 2. The molecule has 2 rings (SSSR count). The van der Waals surface area contributed by atoms with Gasteiger partial charge < -0.3 is 15.5 Å². The Bertz CT molecular complexity index is 789. The first kappa shape index (κ1) is 18.3. The number of sulfonamides is 1. The monoisotopic (exact) mass is 350 g/mol. The lowest BCUT2D eigenvalue weighted by molar-refractivity contribution is 0.105. The van der Waals surface area contributed by atoms with Gasteiger partial charge in [-0.05, 0) is 49.7 Å². The van der Waals surface area contributed by atoms with Crippen LogP contribution in [-0.4, -0.2) is 37.9 Å². The summed E-state index contributed by atoms with van der Waals surface area (Å²) >= 11 is 0. The topological polar surface area (TPSA) is 98.7 Å². The Labute approximate surface area is 142 Å². The van der Waals surface area contributed by atoms with E-state index in [4.69, 9.17) is 5.11 Å². The summed E-state index contributed by atoms with van der Waals surface area (Å²) in [4.78, 5) is 0.149. The van der Waals surface area contributed by atoms with Crippen LogP contribution in [0.2, 0.25) is 0 Å². The zero-order valence-corrected chi connectivity index (χ0v) is 14.5. The summed E-state index contributed by atoms with van der Waals surface area (Å²) in [6.45, 7) is 3.65. The second-order valence-electron chi connectivity index (χ2n) is 5.67. The van der Waals surface area contributed by atoms with Crippen molar-refractivity contribution in [2.24, 2.45) is 0 Å². The van der Waals surface area contributed by atoms with E-state index in [0.29, 0.717) is 11.4 Å². The van der Waals surface area contributed by atoms with Crippen molar-refractivity contribution < 1.29 is 18.6 Å². The zero-order valence-electron chi connectivity index (χ0n) is 13.7. The predicted octanol–water partition coefficient (Wildman–Crippen LogP) is 1.87. The molecule has 0 aliphatic carbocycles. The van der Waals surface area contributed by atoms with E-state index in [1.165, 1.54) is 12.1 Å². The Kier molecular flexibility index (Phi) is 5.82. The minimum atomic E-state index is -3.67. The number of aryl methyl sites for hydroxylation is 2. The first-order valence-electron chi connectivity index (χ1n) is 7.55. The summed E-state index contributed by atoms with van der Waals surface area (Å²) in [6.07, 6.45) is -0.861. The molecule has 0 aliphatic rings. The minimum Gasteiger partial charge on any atom is -0.394 e.